The maximum atomic E-state index is 6.10. The van der Waals surface area contributed by atoms with Crippen molar-refractivity contribution in [3.63, 3.8) is 0 Å². The molecule has 24 heavy (non-hydrogen) atoms. The molecule has 1 atom stereocenters. The quantitative estimate of drug-likeness (QED) is 0.623. The molecule has 0 saturated carbocycles. The zero-order valence-electron chi connectivity index (χ0n) is 13.0. The summed E-state index contributed by atoms with van der Waals surface area (Å²) in [5.41, 5.74) is 0.797. The van der Waals surface area contributed by atoms with Gasteiger partial charge in [-0.25, -0.2) is 0 Å². The van der Waals surface area contributed by atoms with Crippen LogP contribution in [-0.2, 0) is 0 Å². The van der Waals surface area contributed by atoms with Gasteiger partial charge in [-0.2, -0.15) is 0 Å². The van der Waals surface area contributed by atoms with Crippen LogP contribution in [0.4, 0.5) is 0 Å². The molecule has 0 aliphatic rings. The fraction of sp³-hybridized carbons (Fsp3) is 0.176. The number of methoxy groups -OCH3 is 1. The van der Waals surface area contributed by atoms with E-state index in [9.17, 15) is 0 Å². The topological polar surface area (TPSA) is 57.4 Å². The molecule has 3 rings (SSSR count). The summed E-state index contributed by atoms with van der Waals surface area (Å²) in [5, 5.41) is 9.05. The van der Waals surface area contributed by atoms with E-state index in [0.717, 1.165) is 11.3 Å². The van der Waals surface area contributed by atoms with Crippen LogP contribution in [0.1, 0.15) is 18.9 Å². The maximum absolute atomic E-state index is 6.10. The predicted molar refractivity (Wildman–Crippen MR) is 91.8 cm³/mol. The van der Waals surface area contributed by atoms with E-state index in [4.69, 9.17) is 37.1 Å². The first-order valence-corrected chi connectivity index (χ1v) is 7.92. The molecule has 0 fully saturated rings. The van der Waals surface area contributed by atoms with E-state index >= 15 is 0 Å². The average Bonchev–Trinajstić information content (AvgIpc) is 3.07. The molecule has 3 aromatic rings. The largest absolute Gasteiger partial charge is 0.497 e. The van der Waals surface area contributed by atoms with Gasteiger partial charge in [-0.15, -0.1) is 10.2 Å². The minimum absolute atomic E-state index is 0.354. The van der Waals surface area contributed by atoms with E-state index in [1.54, 1.807) is 32.2 Å². The van der Waals surface area contributed by atoms with E-state index in [2.05, 4.69) is 10.2 Å². The van der Waals surface area contributed by atoms with Gasteiger partial charge in [0.1, 0.15) is 11.5 Å². The maximum Gasteiger partial charge on any atom is 0.257 e. The Labute approximate surface area is 149 Å². The molecule has 1 heterocycles. The van der Waals surface area contributed by atoms with E-state index in [1.165, 1.54) is 0 Å². The van der Waals surface area contributed by atoms with Crippen molar-refractivity contribution in [1.29, 1.82) is 0 Å². The van der Waals surface area contributed by atoms with E-state index in [0.29, 0.717) is 27.6 Å². The lowest BCUT2D eigenvalue weighted by molar-refractivity contribution is 0.190. The van der Waals surface area contributed by atoms with Crippen molar-refractivity contribution in [3.8, 4) is 23.0 Å². The highest BCUT2D eigenvalue weighted by Gasteiger charge is 2.18. The lowest BCUT2D eigenvalue weighted by Crippen LogP contribution is -2.03. The van der Waals surface area contributed by atoms with Crippen LogP contribution in [-0.4, -0.2) is 17.3 Å². The molecule has 124 valence electrons. The van der Waals surface area contributed by atoms with E-state index in [-0.39, 0.29) is 0 Å². The molecule has 0 bridgehead atoms. The number of ether oxygens (including phenoxy) is 2. The number of rotatable bonds is 5. The highest BCUT2D eigenvalue weighted by atomic mass is 35.5. The fourth-order valence-corrected chi connectivity index (χ4v) is 2.51. The third-order valence-corrected chi connectivity index (χ3v) is 3.85. The van der Waals surface area contributed by atoms with Crippen LogP contribution in [0.3, 0.4) is 0 Å². The minimum atomic E-state index is -0.455. The molecule has 1 aromatic heterocycles. The van der Waals surface area contributed by atoms with Crippen LogP contribution < -0.4 is 9.47 Å². The second-order valence-corrected chi connectivity index (χ2v) is 5.85. The van der Waals surface area contributed by atoms with Gasteiger partial charge < -0.3 is 13.9 Å². The van der Waals surface area contributed by atoms with Gasteiger partial charge in [-0.3, -0.25) is 0 Å². The van der Waals surface area contributed by atoms with Gasteiger partial charge in [-0.05, 0) is 49.4 Å². The van der Waals surface area contributed by atoms with Gasteiger partial charge in [0, 0.05) is 10.6 Å². The third kappa shape index (κ3) is 3.63. The molecule has 2 aromatic carbocycles. The molecule has 0 N–H and O–H groups in total. The molecular weight excluding hydrogens is 351 g/mol. The molecule has 0 amide bonds. The number of benzene rings is 2. The van der Waals surface area contributed by atoms with E-state index in [1.807, 2.05) is 24.3 Å². The molecule has 0 aliphatic carbocycles. The number of hydrogen-bond donors (Lipinski definition) is 0. The van der Waals surface area contributed by atoms with Gasteiger partial charge in [0.05, 0.1) is 12.1 Å². The van der Waals surface area contributed by atoms with Crippen molar-refractivity contribution >= 4 is 23.2 Å². The SMILES string of the molecule is COc1ccc(-c2nnc([C@@H](C)Oc3ccc(Cl)cc3Cl)o2)cc1. The Balaban J connectivity index is 1.76. The Morgan fingerprint density at radius 2 is 1.79 bits per heavy atom. The van der Waals surface area contributed by atoms with Crippen LogP contribution in [0.25, 0.3) is 11.5 Å². The zero-order chi connectivity index (χ0) is 17.1. The number of hydrogen-bond acceptors (Lipinski definition) is 5. The second kappa shape index (κ2) is 7.11. The van der Waals surface area contributed by atoms with Gasteiger partial charge in [0.15, 0.2) is 6.10 Å². The Hall–Kier alpha value is -2.24. The van der Waals surface area contributed by atoms with Crippen molar-refractivity contribution in [2.45, 2.75) is 13.0 Å². The van der Waals surface area contributed by atoms with Crippen molar-refractivity contribution in [2.24, 2.45) is 0 Å². The van der Waals surface area contributed by atoms with Crippen LogP contribution in [0, 0.1) is 0 Å². The monoisotopic (exact) mass is 364 g/mol. The van der Waals surface area contributed by atoms with Crippen LogP contribution in [0.15, 0.2) is 46.9 Å². The Morgan fingerprint density at radius 1 is 1.04 bits per heavy atom. The summed E-state index contributed by atoms with van der Waals surface area (Å²) in [6.45, 7) is 1.80. The normalized spacial score (nSPS) is 12.0. The molecule has 0 aliphatic heterocycles. The second-order valence-electron chi connectivity index (χ2n) is 5.01. The van der Waals surface area contributed by atoms with Crippen molar-refractivity contribution < 1.29 is 13.9 Å². The standard InChI is InChI=1S/C17H14Cl2N2O3/c1-10(23-15-8-5-12(18)9-14(15)19)16-20-21-17(24-16)11-3-6-13(22-2)7-4-11/h3-10H,1-2H3/t10-/m1/s1. The van der Waals surface area contributed by atoms with Gasteiger partial charge in [-0.1, -0.05) is 23.2 Å². The van der Waals surface area contributed by atoms with Crippen LogP contribution in [0.2, 0.25) is 10.0 Å². The molecule has 0 saturated heterocycles. The average molecular weight is 365 g/mol. The van der Waals surface area contributed by atoms with Crippen LogP contribution in [0.5, 0.6) is 11.5 Å². The van der Waals surface area contributed by atoms with Crippen LogP contribution >= 0.6 is 23.2 Å². The fourth-order valence-electron chi connectivity index (χ4n) is 2.06. The number of nitrogens with zero attached hydrogens (tertiary/aromatic N) is 2. The molecule has 5 nitrogen and oxygen atoms in total. The van der Waals surface area contributed by atoms with Crippen molar-refractivity contribution in [1.82, 2.24) is 10.2 Å². The highest BCUT2D eigenvalue weighted by Crippen LogP contribution is 2.31. The van der Waals surface area contributed by atoms with Crippen molar-refractivity contribution in [2.75, 3.05) is 7.11 Å². The summed E-state index contributed by atoms with van der Waals surface area (Å²) in [6.07, 6.45) is -0.455. The summed E-state index contributed by atoms with van der Waals surface area (Å²) >= 11 is 12.0. The first kappa shape index (κ1) is 16.6. The Kier molecular flexibility index (Phi) is 4.92. The predicted octanol–water partition coefficient (Wildman–Crippen LogP) is 5.19. The van der Waals surface area contributed by atoms with E-state index < -0.39 is 6.10 Å². The molecule has 7 heteroatoms. The summed E-state index contributed by atoms with van der Waals surface area (Å²) in [6, 6.07) is 12.4. The smallest absolute Gasteiger partial charge is 0.257 e. The lowest BCUT2D eigenvalue weighted by Gasteiger charge is -2.12. The van der Waals surface area contributed by atoms with Gasteiger partial charge in [0.2, 0.25) is 5.89 Å². The molecule has 0 radical (unpaired) electrons. The summed E-state index contributed by atoms with van der Waals surface area (Å²) in [4.78, 5) is 0. The summed E-state index contributed by atoms with van der Waals surface area (Å²) < 4.78 is 16.6. The summed E-state index contributed by atoms with van der Waals surface area (Å²) in [5.74, 6) is 2.02. The Morgan fingerprint density at radius 3 is 2.46 bits per heavy atom. The van der Waals surface area contributed by atoms with Gasteiger partial charge in [0.25, 0.3) is 5.89 Å². The minimum Gasteiger partial charge on any atom is -0.497 e. The molecule has 0 unspecified atom stereocenters. The number of aromatic nitrogens is 2. The summed E-state index contributed by atoms with van der Waals surface area (Å²) in [7, 11) is 1.61. The lowest BCUT2D eigenvalue weighted by atomic mass is 10.2. The third-order valence-electron chi connectivity index (χ3n) is 3.32. The van der Waals surface area contributed by atoms with Gasteiger partial charge >= 0.3 is 0 Å². The molecule has 0 spiro atoms. The first-order valence-electron chi connectivity index (χ1n) is 7.16. The highest BCUT2D eigenvalue weighted by molar-refractivity contribution is 6.35. The van der Waals surface area contributed by atoms with Crippen molar-refractivity contribution in [3.05, 3.63) is 58.4 Å². The first-order chi connectivity index (χ1) is 11.6. The molecular formula is C17H14Cl2N2O3. The zero-order valence-corrected chi connectivity index (χ0v) is 14.5. The Bertz CT molecular complexity index is 834. The number of halogens is 2.